The van der Waals surface area contributed by atoms with Crippen molar-refractivity contribution in [3.63, 3.8) is 0 Å². The molecular formula is C12H17BrN2O. The molecule has 0 aliphatic heterocycles. The zero-order valence-corrected chi connectivity index (χ0v) is 11.2. The summed E-state index contributed by atoms with van der Waals surface area (Å²) < 4.78 is 1.09. The summed E-state index contributed by atoms with van der Waals surface area (Å²) in [7, 11) is 1.64. The molecule has 0 bridgehead atoms. The Morgan fingerprint density at radius 2 is 2.25 bits per heavy atom. The molecule has 3 nitrogen and oxygen atoms in total. The molecule has 1 aromatic carbocycles. The van der Waals surface area contributed by atoms with E-state index in [1.807, 2.05) is 12.1 Å². The number of amides is 1. The highest BCUT2D eigenvalue weighted by molar-refractivity contribution is 9.10. The van der Waals surface area contributed by atoms with E-state index < -0.39 is 0 Å². The molecule has 1 amide bonds. The molecule has 16 heavy (non-hydrogen) atoms. The van der Waals surface area contributed by atoms with E-state index >= 15 is 0 Å². The second kappa shape index (κ2) is 6.66. The van der Waals surface area contributed by atoms with Gasteiger partial charge in [-0.3, -0.25) is 4.79 Å². The van der Waals surface area contributed by atoms with E-state index in [1.165, 1.54) is 5.56 Å². The largest absolute Gasteiger partial charge is 0.358 e. The molecule has 0 aliphatic carbocycles. The van der Waals surface area contributed by atoms with Crippen LogP contribution in [0.3, 0.4) is 0 Å². The van der Waals surface area contributed by atoms with Gasteiger partial charge < -0.3 is 10.6 Å². The van der Waals surface area contributed by atoms with Crippen LogP contribution in [0.5, 0.6) is 0 Å². The molecule has 4 heteroatoms. The minimum absolute atomic E-state index is 0.0149. The number of carbonyl (C=O) groups is 1. The van der Waals surface area contributed by atoms with Crippen LogP contribution in [-0.4, -0.2) is 25.5 Å². The maximum absolute atomic E-state index is 11.0. The van der Waals surface area contributed by atoms with E-state index in [-0.39, 0.29) is 11.9 Å². The topological polar surface area (TPSA) is 41.1 Å². The zero-order valence-electron chi connectivity index (χ0n) is 9.59. The van der Waals surface area contributed by atoms with Crippen LogP contribution >= 0.6 is 15.9 Å². The van der Waals surface area contributed by atoms with Gasteiger partial charge in [-0.2, -0.15) is 0 Å². The Kier molecular flexibility index (Phi) is 5.49. The summed E-state index contributed by atoms with van der Waals surface area (Å²) in [5.41, 5.74) is 1.26. The normalized spacial score (nSPS) is 12.2. The molecule has 0 aliphatic rings. The molecule has 0 aromatic heterocycles. The van der Waals surface area contributed by atoms with Crippen LogP contribution in [0, 0.1) is 0 Å². The van der Waals surface area contributed by atoms with Crippen LogP contribution in [0.1, 0.15) is 12.5 Å². The van der Waals surface area contributed by atoms with E-state index in [1.54, 1.807) is 7.05 Å². The van der Waals surface area contributed by atoms with Gasteiger partial charge in [0.15, 0.2) is 0 Å². The van der Waals surface area contributed by atoms with E-state index in [4.69, 9.17) is 0 Å². The third kappa shape index (κ3) is 4.77. The van der Waals surface area contributed by atoms with Crippen molar-refractivity contribution < 1.29 is 4.79 Å². The van der Waals surface area contributed by atoms with Gasteiger partial charge in [0, 0.05) is 17.6 Å². The van der Waals surface area contributed by atoms with E-state index in [0.29, 0.717) is 6.54 Å². The highest BCUT2D eigenvalue weighted by Gasteiger charge is 2.05. The van der Waals surface area contributed by atoms with Gasteiger partial charge in [0.25, 0.3) is 0 Å². The number of benzene rings is 1. The minimum atomic E-state index is 0.0149. The monoisotopic (exact) mass is 284 g/mol. The highest BCUT2D eigenvalue weighted by atomic mass is 79.9. The number of nitrogens with one attached hydrogen (secondary N) is 2. The molecular weight excluding hydrogens is 268 g/mol. The second-order valence-corrected chi connectivity index (χ2v) is 4.70. The summed E-state index contributed by atoms with van der Waals surface area (Å²) >= 11 is 3.44. The predicted molar refractivity (Wildman–Crippen MR) is 69.4 cm³/mol. The Hall–Kier alpha value is -0.870. The van der Waals surface area contributed by atoms with Gasteiger partial charge in [0.2, 0.25) is 5.91 Å². The fourth-order valence-corrected chi connectivity index (χ4v) is 1.89. The number of carbonyl (C=O) groups excluding carboxylic acids is 1. The number of likely N-dealkylation sites (N-methyl/N-ethyl adjacent to an activating group) is 1. The fraction of sp³-hybridized carbons (Fsp3) is 0.417. The van der Waals surface area contributed by atoms with Crippen molar-refractivity contribution in [1.29, 1.82) is 0 Å². The second-order valence-electron chi connectivity index (χ2n) is 3.79. The summed E-state index contributed by atoms with van der Waals surface area (Å²) in [6, 6.07) is 8.49. The predicted octanol–water partition coefficient (Wildman–Crippen LogP) is 1.72. The van der Waals surface area contributed by atoms with Gasteiger partial charge in [0.1, 0.15) is 0 Å². The first-order chi connectivity index (χ1) is 7.61. The van der Waals surface area contributed by atoms with Crippen molar-refractivity contribution >= 4 is 21.8 Å². The molecule has 0 saturated carbocycles. The standard InChI is InChI=1S/C12H17BrN2O/c1-9(15-8-12(16)14-2)6-10-4-3-5-11(13)7-10/h3-5,7,9,15H,6,8H2,1-2H3,(H,14,16). The molecule has 1 rings (SSSR count). The SMILES string of the molecule is CNC(=O)CNC(C)Cc1cccc(Br)c1. The first-order valence-corrected chi connectivity index (χ1v) is 6.09. The van der Waals surface area contributed by atoms with Crippen molar-refractivity contribution in [3.05, 3.63) is 34.3 Å². The van der Waals surface area contributed by atoms with E-state index in [2.05, 4.69) is 45.6 Å². The third-order valence-electron chi connectivity index (χ3n) is 2.32. The Morgan fingerprint density at radius 1 is 1.50 bits per heavy atom. The molecule has 88 valence electrons. The van der Waals surface area contributed by atoms with Crippen molar-refractivity contribution in [2.24, 2.45) is 0 Å². The summed E-state index contributed by atoms with van der Waals surface area (Å²) in [5, 5.41) is 5.76. The molecule has 0 heterocycles. The number of hydrogen-bond donors (Lipinski definition) is 2. The molecule has 0 spiro atoms. The summed E-state index contributed by atoms with van der Waals surface area (Å²) in [6.07, 6.45) is 0.913. The van der Waals surface area contributed by atoms with Gasteiger partial charge in [0.05, 0.1) is 6.54 Å². The summed E-state index contributed by atoms with van der Waals surface area (Å²) in [5.74, 6) is 0.0149. The lowest BCUT2D eigenvalue weighted by Crippen LogP contribution is -2.37. The van der Waals surface area contributed by atoms with Gasteiger partial charge >= 0.3 is 0 Å². The van der Waals surface area contributed by atoms with Gasteiger partial charge in [-0.1, -0.05) is 28.1 Å². The summed E-state index contributed by atoms with van der Waals surface area (Å²) in [6.45, 7) is 2.44. The Balaban J connectivity index is 2.39. The maximum atomic E-state index is 11.0. The zero-order chi connectivity index (χ0) is 12.0. The maximum Gasteiger partial charge on any atom is 0.233 e. The molecule has 1 unspecified atom stereocenters. The number of hydrogen-bond acceptors (Lipinski definition) is 2. The van der Waals surface area contributed by atoms with Crippen molar-refractivity contribution in [1.82, 2.24) is 10.6 Å². The van der Waals surface area contributed by atoms with E-state index in [0.717, 1.165) is 10.9 Å². The molecule has 0 fully saturated rings. The van der Waals surface area contributed by atoms with Gasteiger partial charge in [-0.05, 0) is 31.0 Å². The minimum Gasteiger partial charge on any atom is -0.358 e. The van der Waals surface area contributed by atoms with Crippen LogP contribution in [0.2, 0.25) is 0 Å². The van der Waals surface area contributed by atoms with Gasteiger partial charge in [-0.25, -0.2) is 0 Å². The van der Waals surface area contributed by atoms with Crippen molar-refractivity contribution in [3.8, 4) is 0 Å². The van der Waals surface area contributed by atoms with Crippen LogP contribution in [-0.2, 0) is 11.2 Å². The molecule has 1 atom stereocenters. The number of rotatable bonds is 5. The van der Waals surface area contributed by atoms with Gasteiger partial charge in [-0.15, -0.1) is 0 Å². The average molecular weight is 285 g/mol. The van der Waals surface area contributed by atoms with Crippen LogP contribution in [0.25, 0.3) is 0 Å². The van der Waals surface area contributed by atoms with Crippen LogP contribution in [0.15, 0.2) is 28.7 Å². The fourth-order valence-electron chi connectivity index (χ4n) is 1.44. The molecule has 2 N–H and O–H groups in total. The molecule has 0 radical (unpaired) electrons. The van der Waals surface area contributed by atoms with Crippen molar-refractivity contribution in [2.45, 2.75) is 19.4 Å². The lowest BCUT2D eigenvalue weighted by atomic mass is 10.1. The average Bonchev–Trinajstić information content (AvgIpc) is 2.26. The first kappa shape index (κ1) is 13.2. The molecule has 0 saturated heterocycles. The lowest BCUT2D eigenvalue weighted by Gasteiger charge is -2.13. The first-order valence-electron chi connectivity index (χ1n) is 5.30. The quantitative estimate of drug-likeness (QED) is 0.865. The Bertz CT molecular complexity index is 355. The Morgan fingerprint density at radius 3 is 2.88 bits per heavy atom. The van der Waals surface area contributed by atoms with Crippen LogP contribution in [0.4, 0.5) is 0 Å². The van der Waals surface area contributed by atoms with Crippen LogP contribution < -0.4 is 10.6 Å². The van der Waals surface area contributed by atoms with E-state index in [9.17, 15) is 4.79 Å². The smallest absolute Gasteiger partial charge is 0.233 e. The molecule has 1 aromatic rings. The highest BCUT2D eigenvalue weighted by Crippen LogP contribution is 2.12. The number of halogens is 1. The summed E-state index contributed by atoms with van der Waals surface area (Å²) in [4.78, 5) is 11.0. The lowest BCUT2D eigenvalue weighted by molar-refractivity contribution is -0.119. The Labute approximate surface area is 105 Å². The third-order valence-corrected chi connectivity index (χ3v) is 2.81. The van der Waals surface area contributed by atoms with Crippen molar-refractivity contribution in [2.75, 3.05) is 13.6 Å².